The Morgan fingerprint density at radius 1 is 1.45 bits per heavy atom. The minimum absolute atomic E-state index is 0.0857. The second-order valence-electron chi connectivity index (χ2n) is 5.15. The second kappa shape index (κ2) is 6.02. The quantitative estimate of drug-likeness (QED) is 0.788. The van der Waals surface area contributed by atoms with E-state index in [2.05, 4.69) is 15.2 Å². The van der Waals surface area contributed by atoms with Crippen molar-refractivity contribution in [2.75, 3.05) is 13.2 Å². The van der Waals surface area contributed by atoms with E-state index in [1.54, 1.807) is 6.92 Å². The number of carbonyl (C=O) groups excluding carboxylic acids is 2. The molecule has 2 rings (SSSR count). The van der Waals surface area contributed by atoms with Gasteiger partial charge in [0, 0.05) is 12.0 Å². The standard InChI is InChI=1S/C13H20N4O3/c1-4-20-10(18)7-17(8(2)3)13(19)12-14-11(15-16-12)9-5-6-9/h8-9H,4-7H2,1-3H3,(H,14,15,16). The van der Waals surface area contributed by atoms with Crippen molar-refractivity contribution in [2.45, 2.75) is 45.6 Å². The smallest absolute Gasteiger partial charge is 0.325 e. The van der Waals surface area contributed by atoms with Crippen molar-refractivity contribution < 1.29 is 14.3 Å². The summed E-state index contributed by atoms with van der Waals surface area (Å²) in [5.41, 5.74) is 0. The van der Waals surface area contributed by atoms with E-state index in [-0.39, 0.29) is 24.3 Å². The number of carbonyl (C=O) groups is 2. The molecule has 0 spiro atoms. The molecule has 1 aliphatic rings. The van der Waals surface area contributed by atoms with Crippen LogP contribution >= 0.6 is 0 Å². The summed E-state index contributed by atoms with van der Waals surface area (Å²) in [5.74, 6) is 0.503. The maximum Gasteiger partial charge on any atom is 0.325 e. The van der Waals surface area contributed by atoms with Crippen molar-refractivity contribution in [3.05, 3.63) is 11.6 Å². The van der Waals surface area contributed by atoms with Gasteiger partial charge in [-0.1, -0.05) is 0 Å². The first-order chi connectivity index (χ1) is 9.52. The fraction of sp³-hybridized carbons (Fsp3) is 0.692. The second-order valence-corrected chi connectivity index (χ2v) is 5.15. The molecule has 7 nitrogen and oxygen atoms in total. The Labute approximate surface area is 117 Å². The first kappa shape index (κ1) is 14.5. The average Bonchev–Trinajstić information content (AvgIpc) is 3.13. The Balaban J connectivity index is 2.06. The summed E-state index contributed by atoms with van der Waals surface area (Å²) in [6.45, 7) is 5.62. The molecule has 1 aromatic rings. The highest BCUT2D eigenvalue weighted by Gasteiger charge is 2.30. The summed E-state index contributed by atoms with van der Waals surface area (Å²) in [6.07, 6.45) is 2.17. The molecule has 1 N–H and O–H groups in total. The van der Waals surface area contributed by atoms with Crippen LogP contribution in [-0.4, -0.2) is 51.2 Å². The number of esters is 1. The van der Waals surface area contributed by atoms with Gasteiger partial charge < -0.3 is 9.64 Å². The van der Waals surface area contributed by atoms with E-state index in [1.807, 2.05) is 13.8 Å². The molecule has 7 heteroatoms. The van der Waals surface area contributed by atoms with Crippen LogP contribution in [0.1, 0.15) is 56.0 Å². The highest BCUT2D eigenvalue weighted by atomic mass is 16.5. The predicted octanol–water partition coefficient (Wildman–Crippen LogP) is 1.10. The molecule has 1 amide bonds. The van der Waals surface area contributed by atoms with Crippen LogP contribution in [0, 0.1) is 0 Å². The molecule has 20 heavy (non-hydrogen) atoms. The summed E-state index contributed by atoms with van der Waals surface area (Å²) in [7, 11) is 0. The lowest BCUT2D eigenvalue weighted by molar-refractivity contribution is -0.144. The number of nitrogens with one attached hydrogen (secondary N) is 1. The normalized spacial score (nSPS) is 14.4. The summed E-state index contributed by atoms with van der Waals surface area (Å²) in [5, 5.41) is 6.75. The zero-order valence-electron chi connectivity index (χ0n) is 12.0. The number of amides is 1. The number of hydrogen-bond donors (Lipinski definition) is 1. The summed E-state index contributed by atoms with van der Waals surface area (Å²) in [4.78, 5) is 29.5. The molecule has 0 saturated heterocycles. The van der Waals surface area contributed by atoms with E-state index >= 15 is 0 Å². The third kappa shape index (κ3) is 3.34. The summed E-state index contributed by atoms with van der Waals surface area (Å²) < 4.78 is 4.88. The average molecular weight is 280 g/mol. The fourth-order valence-electron chi connectivity index (χ4n) is 1.87. The Morgan fingerprint density at radius 2 is 2.15 bits per heavy atom. The van der Waals surface area contributed by atoms with Crippen LogP contribution in [0.25, 0.3) is 0 Å². The van der Waals surface area contributed by atoms with Gasteiger partial charge in [0.2, 0.25) is 5.82 Å². The Kier molecular flexibility index (Phi) is 4.36. The van der Waals surface area contributed by atoms with Gasteiger partial charge in [0.1, 0.15) is 12.4 Å². The monoisotopic (exact) mass is 280 g/mol. The van der Waals surface area contributed by atoms with Gasteiger partial charge >= 0.3 is 5.97 Å². The van der Waals surface area contributed by atoms with E-state index in [9.17, 15) is 9.59 Å². The lowest BCUT2D eigenvalue weighted by Crippen LogP contribution is -2.41. The van der Waals surface area contributed by atoms with Crippen LogP contribution in [0.15, 0.2) is 0 Å². The van der Waals surface area contributed by atoms with Crippen molar-refractivity contribution in [1.82, 2.24) is 20.1 Å². The number of rotatable bonds is 6. The molecule has 0 aliphatic heterocycles. The highest BCUT2D eigenvalue weighted by Crippen LogP contribution is 2.37. The summed E-state index contributed by atoms with van der Waals surface area (Å²) >= 11 is 0. The molecule has 0 atom stereocenters. The van der Waals surface area contributed by atoms with E-state index in [0.717, 1.165) is 18.7 Å². The fourth-order valence-corrected chi connectivity index (χ4v) is 1.87. The SMILES string of the molecule is CCOC(=O)CN(C(=O)c1n[nH]c(C2CC2)n1)C(C)C. The topological polar surface area (TPSA) is 88.2 Å². The van der Waals surface area contributed by atoms with Gasteiger partial charge in [-0.2, -0.15) is 0 Å². The van der Waals surface area contributed by atoms with Crippen molar-refractivity contribution >= 4 is 11.9 Å². The maximum absolute atomic E-state index is 12.4. The van der Waals surface area contributed by atoms with E-state index in [4.69, 9.17) is 4.74 Å². The van der Waals surface area contributed by atoms with Crippen molar-refractivity contribution in [3.63, 3.8) is 0 Å². The molecule has 1 aliphatic carbocycles. The summed E-state index contributed by atoms with van der Waals surface area (Å²) in [6, 6.07) is -0.130. The Morgan fingerprint density at radius 3 is 2.70 bits per heavy atom. The molecule has 110 valence electrons. The van der Waals surface area contributed by atoms with Gasteiger partial charge in [-0.05, 0) is 33.6 Å². The molecule has 0 unspecified atom stereocenters. The van der Waals surface area contributed by atoms with E-state index in [0.29, 0.717) is 12.5 Å². The lowest BCUT2D eigenvalue weighted by Gasteiger charge is -2.24. The van der Waals surface area contributed by atoms with Gasteiger partial charge in [-0.25, -0.2) is 4.98 Å². The zero-order valence-corrected chi connectivity index (χ0v) is 12.0. The molecule has 0 bridgehead atoms. The largest absolute Gasteiger partial charge is 0.465 e. The van der Waals surface area contributed by atoms with Gasteiger partial charge in [0.15, 0.2) is 0 Å². The number of aromatic nitrogens is 3. The molecule has 1 heterocycles. The molecule has 0 aromatic carbocycles. The van der Waals surface area contributed by atoms with Crippen LogP contribution in [0.4, 0.5) is 0 Å². The molecular formula is C13H20N4O3. The first-order valence-corrected chi connectivity index (χ1v) is 6.91. The first-order valence-electron chi connectivity index (χ1n) is 6.91. The molecule has 1 fully saturated rings. The Bertz CT molecular complexity index is 494. The third-order valence-electron chi connectivity index (χ3n) is 3.15. The van der Waals surface area contributed by atoms with Crippen LogP contribution in [0.5, 0.6) is 0 Å². The number of nitrogens with zero attached hydrogens (tertiary/aromatic N) is 3. The van der Waals surface area contributed by atoms with Crippen LogP contribution in [0.3, 0.4) is 0 Å². The van der Waals surface area contributed by atoms with Gasteiger partial charge in [-0.3, -0.25) is 14.7 Å². The molecule has 1 saturated carbocycles. The van der Waals surface area contributed by atoms with Gasteiger partial charge in [0.25, 0.3) is 5.91 Å². The zero-order chi connectivity index (χ0) is 14.7. The predicted molar refractivity (Wildman–Crippen MR) is 71.2 cm³/mol. The number of hydrogen-bond acceptors (Lipinski definition) is 5. The van der Waals surface area contributed by atoms with E-state index < -0.39 is 5.97 Å². The van der Waals surface area contributed by atoms with Crippen molar-refractivity contribution in [2.24, 2.45) is 0 Å². The number of ether oxygens (including phenoxy) is 1. The van der Waals surface area contributed by atoms with Crippen LogP contribution in [0.2, 0.25) is 0 Å². The molecule has 0 radical (unpaired) electrons. The minimum atomic E-state index is -0.424. The van der Waals surface area contributed by atoms with Crippen molar-refractivity contribution in [3.8, 4) is 0 Å². The van der Waals surface area contributed by atoms with Gasteiger partial charge in [0.05, 0.1) is 6.61 Å². The minimum Gasteiger partial charge on any atom is -0.465 e. The van der Waals surface area contributed by atoms with E-state index in [1.165, 1.54) is 4.90 Å². The lowest BCUT2D eigenvalue weighted by atomic mass is 10.3. The van der Waals surface area contributed by atoms with Crippen molar-refractivity contribution in [1.29, 1.82) is 0 Å². The Hall–Kier alpha value is -1.92. The maximum atomic E-state index is 12.4. The van der Waals surface area contributed by atoms with Gasteiger partial charge in [-0.15, -0.1) is 5.10 Å². The van der Waals surface area contributed by atoms with Crippen LogP contribution < -0.4 is 0 Å². The third-order valence-corrected chi connectivity index (χ3v) is 3.15. The molecule has 1 aromatic heterocycles. The number of aromatic amines is 1. The number of H-pyrrole nitrogens is 1. The molecular weight excluding hydrogens is 260 g/mol. The highest BCUT2D eigenvalue weighted by molar-refractivity contribution is 5.92. The van der Waals surface area contributed by atoms with Crippen LogP contribution in [-0.2, 0) is 9.53 Å².